The van der Waals surface area contributed by atoms with Crippen molar-refractivity contribution in [3.05, 3.63) is 39.9 Å². The van der Waals surface area contributed by atoms with Crippen LogP contribution in [0.3, 0.4) is 0 Å². The lowest BCUT2D eigenvalue weighted by Crippen LogP contribution is -2.34. The average molecular weight is 474 g/mol. The molecule has 2 atom stereocenters. The van der Waals surface area contributed by atoms with Gasteiger partial charge in [0.15, 0.2) is 5.78 Å². The summed E-state index contributed by atoms with van der Waals surface area (Å²) in [5, 5.41) is 0. The van der Waals surface area contributed by atoms with Crippen molar-refractivity contribution in [3.8, 4) is 0 Å². The molecule has 1 aromatic rings. The Morgan fingerprint density at radius 3 is 2.53 bits per heavy atom. The van der Waals surface area contributed by atoms with E-state index in [-0.39, 0.29) is 41.3 Å². The molecule has 1 saturated heterocycles. The number of allylic oxidation sites excluding steroid dienone is 2. The van der Waals surface area contributed by atoms with Gasteiger partial charge in [-0.2, -0.15) is 0 Å². The van der Waals surface area contributed by atoms with Gasteiger partial charge >= 0.3 is 0 Å². The lowest BCUT2D eigenvalue weighted by atomic mass is 9.77. The first-order chi connectivity index (χ1) is 14.1. The SMILES string of the molecule is CCCC[C@@H](C1=CC(=O)CCC1)[C@H]1CC(=O)N(c2ccc(Br)cc2C(C)(C)C)C1=O. The van der Waals surface area contributed by atoms with E-state index in [1.807, 2.05) is 18.2 Å². The number of halogens is 1. The maximum atomic E-state index is 13.6. The highest BCUT2D eigenvalue weighted by Gasteiger charge is 2.45. The van der Waals surface area contributed by atoms with E-state index < -0.39 is 0 Å². The number of imide groups is 1. The molecule has 0 saturated carbocycles. The third-order valence-corrected chi connectivity index (χ3v) is 6.75. The van der Waals surface area contributed by atoms with Crippen LogP contribution in [0.25, 0.3) is 0 Å². The maximum absolute atomic E-state index is 13.6. The van der Waals surface area contributed by atoms with Crippen LogP contribution in [0.5, 0.6) is 0 Å². The van der Waals surface area contributed by atoms with Gasteiger partial charge in [-0.15, -0.1) is 0 Å². The average Bonchev–Trinajstić information content (AvgIpc) is 2.96. The van der Waals surface area contributed by atoms with Crippen LogP contribution in [-0.2, 0) is 19.8 Å². The molecule has 2 aliphatic rings. The van der Waals surface area contributed by atoms with Gasteiger partial charge in [0.25, 0.3) is 0 Å². The van der Waals surface area contributed by atoms with Crippen LogP contribution in [-0.4, -0.2) is 17.6 Å². The molecule has 4 nitrogen and oxygen atoms in total. The molecule has 0 N–H and O–H groups in total. The van der Waals surface area contributed by atoms with Crippen LogP contribution < -0.4 is 4.90 Å². The summed E-state index contributed by atoms with van der Waals surface area (Å²) >= 11 is 3.52. The van der Waals surface area contributed by atoms with E-state index in [9.17, 15) is 14.4 Å². The van der Waals surface area contributed by atoms with Gasteiger partial charge in [0.05, 0.1) is 11.6 Å². The van der Waals surface area contributed by atoms with Crippen molar-refractivity contribution in [2.24, 2.45) is 11.8 Å². The van der Waals surface area contributed by atoms with Crippen LogP contribution in [0.2, 0.25) is 0 Å². The standard InChI is InChI=1S/C25H32BrNO3/c1-5-6-10-19(16-8-7-9-18(28)13-16)20-15-23(29)27(24(20)30)22-12-11-17(26)14-21(22)25(2,3)4/h11-14,19-20H,5-10,15H2,1-4H3/t19-,20+/m0/s1. The highest BCUT2D eigenvalue weighted by Crippen LogP contribution is 2.42. The molecule has 0 aromatic heterocycles. The number of unbranched alkanes of at least 4 members (excludes halogenated alkanes) is 1. The predicted octanol–water partition coefficient (Wildman–Crippen LogP) is 6.11. The molecule has 162 valence electrons. The van der Waals surface area contributed by atoms with E-state index in [0.717, 1.165) is 47.7 Å². The van der Waals surface area contributed by atoms with Crippen LogP contribution in [0, 0.1) is 11.8 Å². The first-order valence-corrected chi connectivity index (χ1v) is 11.8. The predicted molar refractivity (Wildman–Crippen MR) is 123 cm³/mol. The zero-order valence-electron chi connectivity index (χ0n) is 18.5. The number of nitrogens with zero attached hydrogens (tertiary/aromatic N) is 1. The highest BCUT2D eigenvalue weighted by molar-refractivity contribution is 9.10. The Kier molecular flexibility index (Phi) is 7.01. The van der Waals surface area contributed by atoms with Gasteiger partial charge in [0, 0.05) is 17.3 Å². The summed E-state index contributed by atoms with van der Waals surface area (Å²) < 4.78 is 0.929. The van der Waals surface area contributed by atoms with Gasteiger partial charge in [-0.3, -0.25) is 14.4 Å². The Bertz CT molecular complexity index is 881. The van der Waals surface area contributed by atoms with E-state index >= 15 is 0 Å². The summed E-state index contributed by atoms with van der Waals surface area (Å²) in [7, 11) is 0. The third-order valence-electron chi connectivity index (χ3n) is 6.25. The van der Waals surface area contributed by atoms with Crippen molar-refractivity contribution >= 4 is 39.2 Å². The normalized spacial score (nSPS) is 21.2. The van der Waals surface area contributed by atoms with Gasteiger partial charge in [-0.25, -0.2) is 4.90 Å². The van der Waals surface area contributed by atoms with Crippen LogP contribution in [0.15, 0.2) is 34.3 Å². The summed E-state index contributed by atoms with van der Waals surface area (Å²) in [5.74, 6) is -0.508. The van der Waals surface area contributed by atoms with Gasteiger partial charge in [0.1, 0.15) is 0 Å². The molecule has 1 aliphatic heterocycles. The second-order valence-corrected chi connectivity index (χ2v) is 10.5. The summed E-state index contributed by atoms with van der Waals surface area (Å²) in [5.41, 5.74) is 2.51. The minimum absolute atomic E-state index is 0.0239. The van der Waals surface area contributed by atoms with Crippen LogP contribution >= 0.6 is 15.9 Å². The number of carbonyl (C=O) groups is 3. The minimum Gasteiger partial charge on any atom is -0.295 e. The fraction of sp³-hybridized carbons (Fsp3) is 0.560. The van der Waals surface area contributed by atoms with Crippen molar-refractivity contribution in [3.63, 3.8) is 0 Å². The first kappa shape index (κ1) is 22.9. The Labute approximate surface area is 188 Å². The molecule has 5 heteroatoms. The van der Waals surface area contributed by atoms with E-state index in [2.05, 4.69) is 43.6 Å². The molecule has 0 bridgehead atoms. The molecule has 0 unspecified atom stereocenters. The van der Waals surface area contributed by atoms with Crippen molar-refractivity contribution in [2.45, 2.75) is 78.1 Å². The number of amides is 2. The van der Waals surface area contributed by atoms with E-state index in [1.165, 1.54) is 4.90 Å². The second-order valence-electron chi connectivity index (χ2n) is 9.58. The smallest absolute Gasteiger partial charge is 0.238 e. The number of ketones is 1. The molecule has 0 spiro atoms. The van der Waals surface area contributed by atoms with Crippen LogP contribution in [0.4, 0.5) is 5.69 Å². The number of hydrogen-bond acceptors (Lipinski definition) is 3. The Balaban J connectivity index is 1.98. The Hall–Kier alpha value is -1.75. The molecular formula is C25H32BrNO3. The summed E-state index contributed by atoms with van der Waals surface area (Å²) in [6, 6.07) is 5.75. The fourth-order valence-electron chi connectivity index (χ4n) is 4.71. The van der Waals surface area contributed by atoms with E-state index in [4.69, 9.17) is 0 Å². The Morgan fingerprint density at radius 2 is 1.90 bits per heavy atom. The molecule has 3 rings (SSSR count). The molecular weight excluding hydrogens is 442 g/mol. The maximum Gasteiger partial charge on any atom is 0.238 e. The lowest BCUT2D eigenvalue weighted by molar-refractivity contribution is -0.123. The molecule has 30 heavy (non-hydrogen) atoms. The number of carbonyl (C=O) groups excluding carboxylic acids is 3. The number of anilines is 1. The first-order valence-electron chi connectivity index (χ1n) is 11.0. The van der Waals surface area contributed by atoms with Crippen molar-refractivity contribution < 1.29 is 14.4 Å². The lowest BCUT2D eigenvalue weighted by Gasteiger charge is -2.29. The zero-order valence-corrected chi connectivity index (χ0v) is 20.0. The van der Waals surface area contributed by atoms with Gasteiger partial charge in [-0.1, -0.05) is 62.0 Å². The monoisotopic (exact) mass is 473 g/mol. The topological polar surface area (TPSA) is 54.5 Å². The summed E-state index contributed by atoms with van der Waals surface area (Å²) in [6.45, 7) is 8.39. The molecule has 1 aliphatic carbocycles. The zero-order chi connectivity index (χ0) is 22.1. The van der Waals surface area contributed by atoms with Gasteiger partial charge in [-0.05, 0) is 60.4 Å². The van der Waals surface area contributed by atoms with E-state index in [1.54, 1.807) is 6.08 Å². The van der Waals surface area contributed by atoms with Crippen molar-refractivity contribution in [1.82, 2.24) is 0 Å². The quantitative estimate of drug-likeness (QED) is 0.468. The molecule has 0 radical (unpaired) electrons. The van der Waals surface area contributed by atoms with Gasteiger partial charge < -0.3 is 0 Å². The molecule has 1 fully saturated rings. The second kappa shape index (κ2) is 9.17. The van der Waals surface area contributed by atoms with Crippen molar-refractivity contribution in [2.75, 3.05) is 4.90 Å². The fourth-order valence-corrected chi connectivity index (χ4v) is 5.07. The van der Waals surface area contributed by atoms with Crippen LogP contribution in [0.1, 0.15) is 78.2 Å². The number of hydrogen-bond donors (Lipinski definition) is 0. The molecule has 2 amide bonds. The number of rotatable bonds is 6. The number of benzene rings is 1. The molecule has 1 heterocycles. The minimum atomic E-state index is -0.377. The van der Waals surface area contributed by atoms with E-state index in [0.29, 0.717) is 12.1 Å². The van der Waals surface area contributed by atoms with Crippen molar-refractivity contribution in [1.29, 1.82) is 0 Å². The third kappa shape index (κ3) is 4.77. The summed E-state index contributed by atoms with van der Waals surface area (Å²) in [4.78, 5) is 40.1. The largest absolute Gasteiger partial charge is 0.295 e. The summed E-state index contributed by atoms with van der Waals surface area (Å²) in [6.07, 6.45) is 7.11. The van der Waals surface area contributed by atoms with Gasteiger partial charge in [0.2, 0.25) is 11.8 Å². The highest BCUT2D eigenvalue weighted by atomic mass is 79.9. The Morgan fingerprint density at radius 1 is 1.17 bits per heavy atom. The molecule has 1 aromatic carbocycles.